The summed E-state index contributed by atoms with van der Waals surface area (Å²) in [5.74, 6) is 7.40. The van der Waals surface area contributed by atoms with Crippen LogP contribution < -0.4 is 0 Å². The molecular formula is C114H76N12. The zero-order valence-electron chi connectivity index (χ0n) is 68.2. The second kappa shape index (κ2) is 36.0. The largest absolute Gasteiger partial charge is 0.208 e. The smallest absolute Gasteiger partial charge is 0.164 e. The summed E-state index contributed by atoms with van der Waals surface area (Å²) < 4.78 is 0. The lowest BCUT2D eigenvalue weighted by molar-refractivity contribution is 1.07. The molecule has 0 aliphatic rings. The summed E-state index contributed by atoms with van der Waals surface area (Å²) in [5.41, 5.74) is 26.4. The fourth-order valence-corrected chi connectivity index (χ4v) is 15.4. The minimum atomic E-state index is 0.588. The Morgan fingerprint density at radius 1 is 0.0714 bits per heavy atom. The van der Waals surface area contributed by atoms with E-state index in [4.69, 9.17) is 59.8 Å². The number of hydrogen-bond donors (Lipinski definition) is 0. The van der Waals surface area contributed by atoms with E-state index in [9.17, 15) is 0 Å². The Bertz CT molecular complexity index is 7170. The Kier molecular flexibility index (Phi) is 22.1. The standard InChI is InChI=1S/C60H40N6.C54H36N6/c1-5-17-41(18-6-1)42-33-35-46(36-34-42)58-62-57(45-23-11-4-12-24-45)65-60(66-58)54-32-16-30-52(40-54)50-28-14-26-48(38-50)47-25-13-27-49(37-47)51-29-15-31-53(39-51)59-63-55(43-19-7-2-8-20-43)61-56(64-59)44-21-9-3-10-22-44;1-5-15-37(16-6-1)39-27-31-43(32-28-39)51-56-52(44-33-29-40(30-34-44)38-17-7-2-8-18-38)60-54(59-51)48-26-14-24-46(36-48)45-23-13-25-47(35-45)53-57-49(41-19-9-3-10-20-41)55-50(58-53)42-21-11-4-12-22-42/h1-40H;1-36H. The van der Waals surface area contributed by atoms with Crippen molar-refractivity contribution in [2.75, 3.05) is 0 Å². The van der Waals surface area contributed by atoms with Crippen molar-refractivity contribution in [3.63, 3.8) is 0 Å². The third kappa shape index (κ3) is 17.6. The SMILES string of the molecule is c1ccc(-c2ccc(-c3nc(-c4ccc(-c5ccccc5)cc4)nc(-c4cccc(-c5cccc(-c6nc(-c7ccccc7)nc(-c7ccccc7)n6)c5)c4)n3)cc2)cc1.c1ccc(-c2ccc(-c3nc(-c4ccccc4)nc(-c4cccc(-c5cccc(-c6cccc(-c7cccc(-c8nc(-c9ccccc9)nc(-c9ccccc9)n8)c7)c6)c5)c4)n3)cc2)cc1. The van der Waals surface area contributed by atoms with Gasteiger partial charge in [-0.15, -0.1) is 0 Å². The highest BCUT2D eigenvalue weighted by Crippen LogP contribution is 2.38. The summed E-state index contributed by atoms with van der Waals surface area (Å²) in [7, 11) is 0. The van der Waals surface area contributed by atoms with E-state index in [1.165, 1.54) is 0 Å². The second-order valence-electron chi connectivity index (χ2n) is 30.4. The van der Waals surface area contributed by atoms with Crippen LogP contribution in [0.25, 0.3) is 215 Å². The molecule has 0 unspecified atom stereocenters. The molecule has 12 heteroatoms. The van der Waals surface area contributed by atoms with Gasteiger partial charge >= 0.3 is 0 Å². The first-order valence-corrected chi connectivity index (χ1v) is 41.8. The van der Waals surface area contributed by atoms with E-state index in [-0.39, 0.29) is 0 Å². The van der Waals surface area contributed by atoms with Crippen molar-refractivity contribution in [3.05, 3.63) is 461 Å². The lowest BCUT2D eigenvalue weighted by Gasteiger charge is -2.12. The van der Waals surface area contributed by atoms with Crippen molar-refractivity contribution in [2.24, 2.45) is 0 Å². The van der Waals surface area contributed by atoms with E-state index < -0.39 is 0 Å². The first-order chi connectivity index (χ1) is 62.4. The highest BCUT2D eigenvalue weighted by Gasteiger charge is 2.21. The van der Waals surface area contributed by atoms with Gasteiger partial charge in [0.05, 0.1) is 0 Å². The van der Waals surface area contributed by atoms with Crippen LogP contribution >= 0.6 is 0 Å². The van der Waals surface area contributed by atoms with Crippen LogP contribution in [-0.2, 0) is 0 Å². The molecule has 0 amide bonds. The molecule has 21 rings (SSSR count). The average Bonchev–Trinajstić information content (AvgIpc) is 0.739. The summed E-state index contributed by atoms with van der Waals surface area (Å²) in [6, 6.07) is 158. The summed E-state index contributed by atoms with van der Waals surface area (Å²) in [4.78, 5) is 60.0. The van der Waals surface area contributed by atoms with Crippen molar-refractivity contribution < 1.29 is 0 Å². The molecular weight excluding hydrogens is 1540 g/mol. The molecule has 17 aromatic carbocycles. The van der Waals surface area contributed by atoms with Crippen molar-refractivity contribution in [2.45, 2.75) is 0 Å². The molecule has 0 N–H and O–H groups in total. The molecule has 4 heterocycles. The van der Waals surface area contributed by atoms with Gasteiger partial charge in [0.25, 0.3) is 0 Å². The third-order valence-electron chi connectivity index (χ3n) is 22.0. The zero-order chi connectivity index (χ0) is 84.2. The maximum atomic E-state index is 5.09. The fourth-order valence-electron chi connectivity index (χ4n) is 15.4. The first kappa shape index (κ1) is 77.4. The number of hydrogen-bond acceptors (Lipinski definition) is 12. The van der Waals surface area contributed by atoms with Crippen LogP contribution in [0.1, 0.15) is 0 Å². The Morgan fingerprint density at radius 3 is 0.325 bits per heavy atom. The molecule has 126 heavy (non-hydrogen) atoms. The van der Waals surface area contributed by atoms with Crippen molar-refractivity contribution >= 4 is 0 Å². The maximum Gasteiger partial charge on any atom is 0.164 e. The molecule has 4 aromatic heterocycles. The number of rotatable bonds is 19. The Balaban J connectivity index is 0.000000160. The fraction of sp³-hybridized carbons (Fsp3) is 0. The van der Waals surface area contributed by atoms with Gasteiger partial charge in [0.2, 0.25) is 0 Å². The van der Waals surface area contributed by atoms with Gasteiger partial charge in [-0.25, -0.2) is 59.8 Å². The molecule has 0 aliphatic carbocycles. The van der Waals surface area contributed by atoms with Gasteiger partial charge in [-0.05, 0) is 114 Å². The van der Waals surface area contributed by atoms with E-state index in [0.717, 1.165) is 145 Å². The normalized spacial score (nSPS) is 11.0. The molecule has 0 radical (unpaired) electrons. The topological polar surface area (TPSA) is 155 Å². The van der Waals surface area contributed by atoms with Crippen molar-refractivity contribution in [3.8, 4) is 215 Å². The zero-order valence-corrected chi connectivity index (χ0v) is 68.2. The third-order valence-corrected chi connectivity index (χ3v) is 22.0. The second-order valence-corrected chi connectivity index (χ2v) is 30.4. The van der Waals surface area contributed by atoms with Crippen LogP contribution in [0.3, 0.4) is 0 Å². The van der Waals surface area contributed by atoms with E-state index in [0.29, 0.717) is 69.9 Å². The van der Waals surface area contributed by atoms with Crippen LogP contribution in [0.2, 0.25) is 0 Å². The van der Waals surface area contributed by atoms with Gasteiger partial charge in [-0.1, -0.05) is 425 Å². The minimum Gasteiger partial charge on any atom is -0.208 e. The highest BCUT2D eigenvalue weighted by molar-refractivity contribution is 5.83. The number of nitrogens with zero attached hydrogens (tertiary/aromatic N) is 12. The van der Waals surface area contributed by atoms with Gasteiger partial charge in [0, 0.05) is 66.8 Å². The lowest BCUT2D eigenvalue weighted by atomic mass is 9.95. The minimum absolute atomic E-state index is 0.588. The van der Waals surface area contributed by atoms with Crippen LogP contribution in [0, 0.1) is 0 Å². The van der Waals surface area contributed by atoms with Gasteiger partial charge in [0.15, 0.2) is 69.9 Å². The predicted molar refractivity (Wildman–Crippen MR) is 510 cm³/mol. The summed E-state index contributed by atoms with van der Waals surface area (Å²) >= 11 is 0. The van der Waals surface area contributed by atoms with Crippen molar-refractivity contribution in [1.82, 2.24) is 59.8 Å². The van der Waals surface area contributed by atoms with Crippen LogP contribution in [0.4, 0.5) is 0 Å². The molecule has 12 nitrogen and oxygen atoms in total. The molecule has 0 fully saturated rings. The lowest BCUT2D eigenvalue weighted by Crippen LogP contribution is -2.00. The summed E-state index contributed by atoms with van der Waals surface area (Å²) in [6.07, 6.45) is 0. The van der Waals surface area contributed by atoms with Gasteiger partial charge in [0.1, 0.15) is 0 Å². The van der Waals surface area contributed by atoms with Crippen LogP contribution in [0.15, 0.2) is 461 Å². The monoisotopic (exact) mass is 1610 g/mol. The Hall–Kier alpha value is -17.2. The van der Waals surface area contributed by atoms with Gasteiger partial charge < -0.3 is 0 Å². The quantitative estimate of drug-likeness (QED) is 0.0757. The predicted octanol–water partition coefficient (Wildman–Crippen LogP) is 27.8. The molecule has 21 aromatic rings. The van der Waals surface area contributed by atoms with E-state index in [1.54, 1.807) is 0 Å². The summed E-state index contributed by atoms with van der Waals surface area (Å²) in [5, 5.41) is 0. The number of aromatic nitrogens is 12. The maximum absolute atomic E-state index is 5.09. The molecule has 0 spiro atoms. The van der Waals surface area contributed by atoms with Gasteiger partial charge in [-0.2, -0.15) is 0 Å². The van der Waals surface area contributed by atoms with E-state index in [2.05, 4.69) is 273 Å². The molecule has 592 valence electrons. The summed E-state index contributed by atoms with van der Waals surface area (Å²) in [6.45, 7) is 0. The first-order valence-electron chi connectivity index (χ1n) is 41.8. The Morgan fingerprint density at radius 2 is 0.167 bits per heavy atom. The molecule has 0 saturated heterocycles. The average molecular weight is 1610 g/mol. The van der Waals surface area contributed by atoms with Crippen molar-refractivity contribution in [1.29, 1.82) is 0 Å². The van der Waals surface area contributed by atoms with Gasteiger partial charge in [-0.3, -0.25) is 0 Å². The molecule has 0 aliphatic heterocycles. The van der Waals surface area contributed by atoms with Crippen LogP contribution in [0.5, 0.6) is 0 Å². The van der Waals surface area contributed by atoms with E-state index >= 15 is 0 Å². The Labute approximate surface area is 730 Å². The molecule has 0 saturated carbocycles. The highest BCUT2D eigenvalue weighted by atomic mass is 15.1. The molecule has 0 bridgehead atoms. The number of benzene rings is 17. The van der Waals surface area contributed by atoms with E-state index in [1.807, 2.05) is 188 Å². The molecule has 0 atom stereocenters. The van der Waals surface area contributed by atoms with Crippen LogP contribution in [-0.4, -0.2) is 59.8 Å².